The summed E-state index contributed by atoms with van der Waals surface area (Å²) in [7, 11) is 0. The van der Waals surface area contributed by atoms with E-state index in [1.807, 2.05) is 12.1 Å². The molecule has 9 nitrogen and oxygen atoms in total. The van der Waals surface area contributed by atoms with Crippen LogP contribution in [0.15, 0.2) is 36.7 Å². The van der Waals surface area contributed by atoms with Gasteiger partial charge in [-0.3, -0.25) is 14.6 Å². The number of carbonyl (C=O) groups is 2. The van der Waals surface area contributed by atoms with Crippen molar-refractivity contribution in [1.29, 1.82) is 5.26 Å². The van der Waals surface area contributed by atoms with Gasteiger partial charge in [-0.05, 0) is 50.1 Å². The number of rotatable bonds is 5. The fourth-order valence-corrected chi connectivity index (χ4v) is 4.08. The van der Waals surface area contributed by atoms with Crippen LogP contribution in [0.25, 0.3) is 0 Å². The highest BCUT2D eigenvalue weighted by Crippen LogP contribution is 2.27. The molecular formula is C24H28N6O3. The van der Waals surface area contributed by atoms with Gasteiger partial charge in [-0.25, -0.2) is 4.98 Å². The number of hydrogen-bond donors (Lipinski definition) is 2. The molecule has 0 bridgehead atoms. The van der Waals surface area contributed by atoms with Crippen LogP contribution in [0.5, 0.6) is 0 Å². The number of carbonyl (C=O) groups excluding carboxylic acids is 2. The fourth-order valence-electron chi connectivity index (χ4n) is 4.08. The second-order valence-electron chi connectivity index (χ2n) is 8.92. The number of nitrogens with zero attached hydrogens (tertiary/aromatic N) is 4. The van der Waals surface area contributed by atoms with E-state index in [0.717, 1.165) is 24.5 Å². The normalized spacial score (nSPS) is 21.1. The Hall–Kier alpha value is -3.51. The summed E-state index contributed by atoms with van der Waals surface area (Å²) in [5.41, 5.74) is 1.07. The molecule has 172 valence electrons. The van der Waals surface area contributed by atoms with E-state index in [1.54, 1.807) is 38.4 Å². The Morgan fingerprint density at radius 1 is 1.24 bits per heavy atom. The van der Waals surface area contributed by atoms with E-state index in [4.69, 9.17) is 4.74 Å². The van der Waals surface area contributed by atoms with Gasteiger partial charge in [0.1, 0.15) is 5.82 Å². The summed E-state index contributed by atoms with van der Waals surface area (Å²) in [6, 6.07) is 9.07. The number of aromatic nitrogens is 2. The molecule has 2 unspecified atom stereocenters. The molecule has 2 saturated heterocycles. The fraction of sp³-hybridized carbons (Fsp3) is 0.458. The molecule has 9 heteroatoms. The minimum Gasteiger partial charge on any atom is -0.378 e. The highest BCUT2D eigenvalue weighted by molar-refractivity contribution is 5.94. The van der Waals surface area contributed by atoms with Gasteiger partial charge >= 0.3 is 0 Å². The van der Waals surface area contributed by atoms with E-state index in [-0.39, 0.29) is 23.8 Å². The number of nitriles is 1. The Bertz CT molecular complexity index is 1070. The van der Waals surface area contributed by atoms with Gasteiger partial charge in [0.05, 0.1) is 36.3 Å². The molecule has 33 heavy (non-hydrogen) atoms. The van der Waals surface area contributed by atoms with Gasteiger partial charge in [-0.15, -0.1) is 0 Å². The van der Waals surface area contributed by atoms with Gasteiger partial charge in [0.2, 0.25) is 5.91 Å². The van der Waals surface area contributed by atoms with E-state index in [1.165, 1.54) is 0 Å². The first-order chi connectivity index (χ1) is 15.9. The third kappa shape index (κ3) is 5.12. The van der Waals surface area contributed by atoms with Gasteiger partial charge in [0.15, 0.2) is 0 Å². The number of pyridine rings is 2. The third-order valence-corrected chi connectivity index (χ3v) is 6.14. The molecule has 0 radical (unpaired) electrons. The molecule has 0 spiro atoms. The highest BCUT2D eigenvalue weighted by Gasteiger charge is 2.32. The molecule has 2 aromatic heterocycles. The van der Waals surface area contributed by atoms with Crippen LogP contribution in [-0.2, 0) is 14.9 Å². The van der Waals surface area contributed by atoms with Gasteiger partial charge in [0, 0.05) is 43.6 Å². The maximum absolute atomic E-state index is 12.9. The second-order valence-corrected chi connectivity index (χ2v) is 8.92. The van der Waals surface area contributed by atoms with E-state index >= 15 is 0 Å². The van der Waals surface area contributed by atoms with Crippen molar-refractivity contribution >= 4 is 17.6 Å². The summed E-state index contributed by atoms with van der Waals surface area (Å²) in [6.07, 6.45) is 3.76. The zero-order valence-corrected chi connectivity index (χ0v) is 18.9. The Morgan fingerprint density at radius 3 is 2.76 bits per heavy atom. The van der Waals surface area contributed by atoms with Crippen LogP contribution in [0.4, 0.5) is 5.82 Å². The molecule has 4 heterocycles. The SMILES string of the molecule is CC(C)(C#N)c1cc(C(=O)NC2CNC(=O)C(c3ccnc(N4CCOCC4)c3)C2)ccn1. The Labute approximate surface area is 193 Å². The first-order valence-corrected chi connectivity index (χ1v) is 11.1. The smallest absolute Gasteiger partial charge is 0.251 e. The van der Waals surface area contributed by atoms with Crippen molar-refractivity contribution < 1.29 is 14.3 Å². The van der Waals surface area contributed by atoms with Gasteiger partial charge in [-0.2, -0.15) is 5.26 Å². The van der Waals surface area contributed by atoms with Crippen LogP contribution in [0.2, 0.25) is 0 Å². The summed E-state index contributed by atoms with van der Waals surface area (Å²) in [5, 5.41) is 15.3. The van der Waals surface area contributed by atoms with Crippen molar-refractivity contribution in [3.8, 4) is 6.07 Å². The van der Waals surface area contributed by atoms with Crippen LogP contribution in [-0.4, -0.2) is 60.7 Å². The molecule has 0 aromatic carbocycles. The van der Waals surface area contributed by atoms with E-state index < -0.39 is 5.41 Å². The average Bonchev–Trinajstić information content (AvgIpc) is 2.86. The minimum absolute atomic E-state index is 0.0541. The van der Waals surface area contributed by atoms with E-state index in [9.17, 15) is 14.9 Å². The average molecular weight is 449 g/mol. The first-order valence-electron chi connectivity index (χ1n) is 11.1. The van der Waals surface area contributed by atoms with E-state index in [2.05, 4.69) is 31.6 Å². The largest absolute Gasteiger partial charge is 0.378 e. The topological polar surface area (TPSA) is 120 Å². The number of piperidine rings is 1. The van der Waals surface area contributed by atoms with Gasteiger partial charge < -0.3 is 20.3 Å². The van der Waals surface area contributed by atoms with Crippen molar-refractivity contribution in [2.75, 3.05) is 37.7 Å². The lowest BCUT2D eigenvalue weighted by molar-refractivity contribution is -0.124. The zero-order valence-electron chi connectivity index (χ0n) is 18.9. The van der Waals surface area contributed by atoms with Crippen LogP contribution >= 0.6 is 0 Å². The lowest BCUT2D eigenvalue weighted by atomic mass is 9.88. The molecule has 2 aliphatic rings. The van der Waals surface area contributed by atoms with Gasteiger partial charge in [0.25, 0.3) is 5.91 Å². The molecular weight excluding hydrogens is 420 g/mol. The first kappa shape index (κ1) is 22.7. The van der Waals surface area contributed by atoms with E-state index in [0.29, 0.717) is 37.4 Å². The number of anilines is 1. The van der Waals surface area contributed by atoms with Crippen molar-refractivity contribution in [2.45, 2.75) is 37.6 Å². The summed E-state index contributed by atoms with van der Waals surface area (Å²) in [6.45, 7) is 6.74. The molecule has 2 aromatic rings. The lowest BCUT2D eigenvalue weighted by Gasteiger charge is -2.31. The monoisotopic (exact) mass is 448 g/mol. The summed E-state index contributed by atoms with van der Waals surface area (Å²) in [5.74, 6) is 0.147. The number of morpholine rings is 1. The number of amides is 2. The van der Waals surface area contributed by atoms with Crippen molar-refractivity contribution in [3.05, 3.63) is 53.5 Å². The summed E-state index contributed by atoms with van der Waals surface area (Å²) < 4.78 is 5.41. The van der Waals surface area contributed by atoms with Gasteiger partial charge in [-0.1, -0.05) is 0 Å². The number of ether oxygens (including phenoxy) is 1. The molecule has 2 amide bonds. The van der Waals surface area contributed by atoms with Crippen molar-refractivity contribution in [1.82, 2.24) is 20.6 Å². The minimum atomic E-state index is -0.792. The predicted octanol–water partition coefficient (Wildman–Crippen LogP) is 1.52. The van der Waals surface area contributed by atoms with Crippen LogP contribution in [0, 0.1) is 11.3 Å². The Kier molecular flexibility index (Phi) is 6.56. The molecule has 2 N–H and O–H groups in total. The molecule has 4 rings (SSSR count). The van der Waals surface area contributed by atoms with Crippen LogP contribution in [0.3, 0.4) is 0 Å². The standard InChI is InChI=1S/C24H28N6O3/c1-24(2,15-25)20-11-17(4-5-26-20)22(31)29-18-13-19(23(32)28-14-18)16-3-6-27-21(12-16)30-7-9-33-10-8-30/h3-6,11-12,18-19H,7-10,13-14H2,1-2H3,(H,28,32)(H,29,31). The Balaban J connectivity index is 1.46. The third-order valence-electron chi connectivity index (χ3n) is 6.14. The molecule has 2 atom stereocenters. The molecule has 2 fully saturated rings. The zero-order chi connectivity index (χ0) is 23.4. The second kappa shape index (κ2) is 9.55. The van der Waals surface area contributed by atoms with Crippen molar-refractivity contribution in [3.63, 3.8) is 0 Å². The Morgan fingerprint density at radius 2 is 2.00 bits per heavy atom. The lowest BCUT2D eigenvalue weighted by Crippen LogP contribution is -2.50. The molecule has 0 saturated carbocycles. The number of hydrogen-bond acceptors (Lipinski definition) is 7. The summed E-state index contributed by atoms with van der Waals surface area (Å²) in [4.78, 5) is 36.4. The maximum atomic E-state index is 12.9. The summed E-state index contributed by atoms with van der Waals surface area (Å²) >= 11 is 0. The number of nitrogens with one attached hydrogen (secondary N) is 2. The van der Waals surface area contributed by atoms with Crippen LogP contribution < -0.4 is 15.5 Å². The maximum Gasteiger partial charge on any atom is 0.251 e. The molecule has 2 aliphatic heterocycles. The predicted molar refractivity (Wildman–Crippen MR) is 122 cm³/mol. The molecule has 0 aliphatic carbocycles. The highest BCUT2D eigenvalue weighted by atomic mass is 16.5. The van der Waals surface area contributed by atoms with Crippen LogP contribution in [0.1, 0.15) is 47.8 Å². The quantitative estimate of drug-likeness (QED) is 0.711. The van der Waals surface area contributed by atoms with Crippen molar-refractivity contribution in [2.24, 2.45) is 0 Å².